The van der Waals surface area contributed by atoms with Gasteiger partial charge in [-0.15, -0.1) is 11.6 Å². The van der Waals surface area contributed by atoms with Crippen LogP contribution >= 0.6 is 11.6 Å². The summed E-state index contributed by atoms with van der Waals surface area (Å²) in [4.78, 5) is 0. The lowest BCUT2D eigenvalue weighted by Crippen LogP contribution is -2.16. The van der Waals surface area contributed by atoms with E-state index in [-0.39, 0.29) is 6.10 Å². The molecule has 0 spiro atoms. The highest BCUT2D eigenvalue weighted by Gasteiger charge is 2.19. The lowest BCUT2D eigenvalue weighted by atomic mass is 10.0. The Balaban J connectivity index is 2.00. The zero-order valence-corrected chi connectivity index (χ0v) is 10.8. The molecule has 1 heterocycles. The van der Waals surface area contributed by atoms with Crippen LogP contribution in [0.1, 0.15) is 12.0 Å². The number of alkyl halides is 1. The maximum absolute atomic E-state index is 6.09. The molecular formula is C15H15ClO2. The van der Waals surface area contributed by atoms with Gasteiger partial charge in [-0.1, -0.05) is 30.3 Å². The van der Waals surface area contributed by atoms with Crippen LogP contribution in [0.3, 0.4) is 0 Å². The van der Waals surface area contributed by atoms with Crippen molar-refractivity contribution in [3.05, 3.63) is 42.0 Å². The molecular weight excluding hydrogens is 248 g/mol. The second-order valence-corrected chi connectivity index (χ2v) is 4.77. The first kappa shape index (κ1) is 11.8. The largest absolute Gasteiger partial charge is 0.488 e. The van der Waals surface area contributed by atoms with Crippen molar-refractivity contribution in [2.75, 3.05) is 13.2 Å². The van der Waals surface area contributed by atoms with E-state index in [1.165, 1.54) is 10.8 Å². The molecule has 1 fully saturated rings. The van der Waals surface area contributed by atoms with Crippen LogP contribution in [0.5, 0.6) is 5.75 Å². The molecule has 18 heavy (non-hydrogen) atoms. The van der Waals surface area contributed by atoms with Gasteiger partial charge in [-0.05, 0) is 16.8 Å². The van der Waals surface area contributed by atoms with Crippen LogP contribution in [0.2, 0.25) is 0 Å². The second kappa shape index (κ2) is 5.17. The van der Waals surface area contributed by atoms with Crippen molar-refractivity contribution in [1.29, 1.82) is 0 Å². The molecule has 0 N–H and O–H groups in total. The molecule has 2 nitrogen and oxygen atoms in total. The minimum Gasteiger partial charge on any atom is -0.488 e. The molecule has 1 aliphatic heterocycles. The SMILES string of the molecule is ClCc1c(OC2CCOC2)ccc2ccccc12. The Bertz CT molecular complexity index is 547. The predicted octanol–water partition coefficient (Wildman–Crippen LogP) is 3.75. The third kappa shape index (κ3) is 2.18. The normalized spacial score (nSPS) is 19.3. The summed E-state index contributed by atoms with van der Waals surface area (Å²) in [5, 5.41) is 2.37. The Kier molecular flexibility index (Phi) is 3.39. The minimum absolute atomic E-state index is 0.160. The molecule has 0 bridgehead atoms. The summed E-state index contributed by atoms with van der Waals surface area (Å²) in [6.07, 6.45) is 1.11. The van der Waals surface area contributed by atoms with Gasteiger partial charge in [0.2, 0.25) is 0 Å². The quantitative estimate of drug-likeness (QED) is 0.785. The number of rotatable bonds is 3. The van der Waals surface area contributed by atoms with E-state index in [4.69, 9.17) is 21.1 Å². The molecule has 2 aromatic carbocycles. The summed E-state index contributed by atoms with van der Waals surface area (Å²) < 4.78 is 11.3. The average Bonchev–Trinajstić information content (AvgIpc) is 2.91. The van der Waals surface area contributed by atoms with Crippen LogP contribution in [-0.4, -0.2) is 19.3 Å². The first-order valence-electron chi connectivity index (χ1n) is 6.19. The van der Waals surface area contributed by atoms with Crippen LogP contribution in [-0.2, 0) is 10.6 Å². The van der Waals surface area contributed by atoms with Gasteiger partial charge in [-0.25, -0.2) is 0 Å². The van der Waals surface area contributed by atoms with Crippen LogP contribution in [0.4, 0.5) is 0 Å². The monoisotopic (exact) mass is 262 g/mol. The van der Waals surface area contributed by atoms with Crippen LogP contribution in [0.25, 0.3) is 10.8 Å². The van der Waals surface area contributed by atoms with Gasteiger partial charge in [-0.2, -0.15) is 0 Å². The van der Waals surface area contributed by atoms with E-state index in [1.54, 1.807) is 0 Å². The zero-order valence-electron chi connectivity index (χ0n) is 10.1. The second-order valence-electron chi connectivity index (χ2n) is 4.50. The molecule has 0 amide bonds. The van der Waals surface area contributed by atoms with E-state index in [2.05, 4.69) is 18.2 Å². The fraction of sp³-hybridized carbons (Fsp3) is 0.333. The first-order chi connectivity index (χ1) is 8.88. The molecule has 1 aliphatic rings. The molecule has 0 saturated carbocycles. The smallest absolute Gasteiger partial charge is 0.124 e. The van der Waals surface area contributed by atoms with Crippen molar-refractivity contribution >= 4 is 22.4 Å². The van der Waals surface area contributed by atoms with Gasteiger partial charge in [0.25, 0.3) is 0 Å². The molecule has 2 aromatic rings. The van der Waals surface area contributed by atoms with Crippen molar-refractivity contribution in [3.63, 3.8) is 0 Å². The van der Waals surface area contributed by atoms with Crippen molar-refractivity contribution in [1.82, 2.24) is 0 Å². The third-order valence-electron chi connectivity index (χ3n) is 3.31. The average molecular weight is 263 g/mol. The van der Waals surface area contributed by atoms with E-state index < -0.39 is 0 Å². The Morgan fingerprint density at radius 2 is 2.11 bits per heavy atom. The fourth-order valence-electron chi connectivity index (χ4n) is 2.35. The Morgan fingerprint density at radius 1 is 1.22 bits per heavy atom. The molecule has 0 aliphatic carbocycles. The molecule has 0 aromatic heterocycles. The third-order valence-corrected chi connectivity index (χ3v) is 3.58. The van der Waals surface area contributed by atoms with Crippen molar-refractivity contribution in [3.8, 4) is 5.75 Å². The maximum Gasteiger partial charge on any atom is 0.124 e. The Morgan fingerprint density at radius 3 is 2.89 bits per heavy atom. The Labute approximate surface area is 111 Å². The molecule has 3 heteroatoms. The van der Waals surface area contributed by atoms with Crippen molar-refractivity contribution in [2.45, 2.75) is 18.4 Å². The molecule has 0 radical (unpaired) electrons. The lowest BCUT2D eigenvalue weighted by molar-refractivity contribution is 0.141. The summed E-state index contributed by atoms with van der Waals surface area (Å²) in [6, 6.07) is 12.3. The number of hydrogen-bond acceptors (Lipinski definition) is 2. The van der Waals surface area contributed by atoms with Gasteiger partial charge in [-0.3, -0.25) is 0 Å². The highest BCUT2D eigenvalue weighted by molar-refractivity contribution is 6.18. The minimum atomic E-state index is 0.160. The number of halogens is 1. The van der Waals surface area contributed by atoms with Gasteiger partial charge >= 0.3 is 0 Å². The zero-order chi connectivity index (χ0) is 12.4. The van der Waals surface area contributed by atoms with Gasteiger partial charge in [0.05, 0.1) is 19.1 Å². The molecule has 1 unspecified atom stereocenters. The number of hydrogen-bond donors (Lipinski definition) is 0. The summed E-state index contributed by atoms with van der Waals surface area (Å²) >= 11 is 6.09. The number of benzene rings is 2. The topological polar surface area (TPSA) is 18.5 Å². The van der Waals surface area contributed by atoms with E-state index >= 15 is 0 Å². The van der Waals surface area contributed by atoms with E-state index in [9.17, 15) is 0 Å². The standard InChI is InChI=1S/C15H15ClO2/c16-9-14-13-4-2-1-3-11(13)5-6-15(14)18-12-7-8-17-10-12/h1-6,12H,7-10H2. The lowest BCUT2D eigenvalue weighted by Gasteiger charge is -2.16. The summed E-state index contributed by atoms with van der Waals surface area (Å²) in [5.74, 6) is 1.35. The van der Waals surface area contributed by atoms with Crippen molar-refractivity contribution < 1.29 is 9.47 Å². The summed E-state index contributed by atoms with van der Waals surface area (Å²) in [7, 11) is 0. The maximum atomic E-state index is 6.09. The first-order valence-corrected chi connectivity index (χ1v) is 6.73. The highest BCUT2D eigenvalue weighted by atomic mass is 35.5. The molecule has 3 rings (SSSR count). The van der Waals surface area contributed by atoms with Gasteiger partial charge in [0.1, 0.15) is 11.9 Å². The van der Waals surface area contributed by atoms with Crippen LogP contribution < -0.4 is 4.74 Å². The van der Waals surface area contributed by atoms with Gasteiger partial charge in [0, 0.05) is 12.0 Å². The highest BCUT2D eigenvalue weighted by Crippen LogP contribution is 2.31. The molecule has 94 valence electrons. The number of fused-ring (bicyclic) bond motifs is 1. The summed E-state index contributed by atoms with van der Waals surface area (Å²) in [5.41, 5.74) is 1.07. The summed E-state index contributed by atoms with van der Waals surface area (Å²) in [6.45, 7) is 1.46. The van der Waals surface area contributed by atoms with E-state index in [0.29, 0.717) is 12.5 Å². The van der Waals surface area contributed by atoms with Gasteiger partial charge in [0.15, 0.2) is 0 Å². The fourth-order valence-corrected chi connectivity index (χ4v) is 2.63. The van der Waals surface area contributed by atoms with E-state index in [0.717, 1.165) is 24.3 Å². The van der Waals surface area contributed by atoms with E-state index in [1.807, 2.05) is 18.2 Å². The number of ether oxygens (including phenoxy) is 2. The van der Waals surface area contributed by atoms with Crippen LogP contribution in [0.15, 0.2) is 36.4 Å². The molecule has 1 atom stereocenters. The van der Waals surface area contributed by atoms with Crippen LogP contribution in [0, 0.1) is 0 Å². The van der Waals surface area contributed by atoms with Crippen molar-refractivity contribution in [2.24, 2.45) is 0 Å². The molecule has 1 saturated heterocycles. The van der Waals surface area contributed by atoms with Gasteiger partial charge < -0.3 is 9.47 Å². The Hall–Kier alpha value is -1.25. The predicted molar refractivity (Wildman–Crippen MR) is 73.4 cm³/mol.